The first kappa shape index (κ1) is 22.9. The summed E-state index contributed by atoms with van der Waals surface area (Å²) in [5.41, 5.74) is -0.775. The minimum atomic E-state index is -0.723. The summed E-state index contributed by atoms with van der Waals surface area (Å²) >= 11 is 0. The third-order valence-corrected chi connectivity index (χ3v) is 11.2. The molecule has 0 radical (unpaired) electrons. The Morgan fingerprint density at radius 2 is 1.62 bits per heavy atom. The molecular weight excluding hydrogens is 408 g/mol. The monoisotopic (exact) mass is 449 g/mol. The Bertz CT molecular complexity index is 775. The largest absolute Gasteiger partial charge is 0.783 e. The van der Waals surface area contributed by atoms with Crippen LogP contribution in [0.25, 0.3) is 0 Å². The highest BCUT2D eigenvalue weighted by Crippen LogP contribution is 2.69. The summed E-state index contributed by atoms with van der Waals surface area (Å²) in [6.45, 7) is 11.5. The van der Waals surface area contributed by atoms with Gasteiger partial charge in [0.05, 0.1) is 6.61 Å². The molecule has 5 rings (SSSR count). The molecule has 5 fully saturated rings. The maximum absolute atomic E-state index is 13.3. The molecule has 32 heavy (non-hydrogen) atoms. The van der Waals surface area contributed by atoms with Crippen LogP contribution in [-0.2, 0) is 9.57 Å². The van der Waals surface area contributed by atoms with Crippen molar-refractivity contribution >= 4 is 0 Å². The van der Waals surface area contributed by atoms with Crippen molar-refractivity contribution in [1.29, 1.82) is 0 Å². The number of hydrogen-bond acceptors (Lipinski definition) is 6. The number of nitrogens with zero attached hydrogens (tertiary/aromatic N) is 2. The van der Waals surface area contributed by atoms with E-state index in [9.17, 15) is 15.3 Å². The average Bonchev–Trinajstić information content (AvgIpc) is 3.18. The van der Waals surface area contributed by atoms with E-state index in [4.69, 9.17) is 9.57 Å². The third kappa shape index (κ3) is 3.09. The fourth-order valence-electron chi connectivity index (χ4n) is 9.60. The zero-order chi connectivity index (χ0) is 23.1. The van der Waals surface area contributed by atoms with Crippen molar-refractivity contribution in [2.75, 3.05) is 6.61 Å². The average molecular weight is 450 g/mol. The molecule has 4 aliphatic carbocycles. The van der Waals surface area contributed by atoms with Gasteiger partial charge in [-0.3, -0.25) is 0 Å². The zero-order valence-corrected chi connectivity index (χ0v) is 20.5. The van der Waals surface area contributed by atoms with Gasteiger partial charge in [-0.05, 0) is 113 Å². The lowest BCUT2D eigenvalue weighted by molar-refractivity contribution is -0.770. The second-order valence-electron chi connectivity index (χ2n) is 13.0. The van der Waals surface area contributed by atoms with Crippen LogP contribution in [0.2, 0.25) is 0 Å². The summed E-state index contributed by atoms with van der Waals surface area (Å²) in [6, 6.07) is 0. The van der Waals surface area contributed by atoms with Crippen LogP contribution < -0.4 is 0 Å². The predicted molar refractivity (Wildman–Crippen MR) is 121 cm³/mol. The van der Waals surface area contributed by atoms with E-state index >= 15 is 0 Å². The molecule has 5 unspecified atom stereocenters. The molecule has 182 valence electrons. The Balaban J connectivity index is 1.36. The van der Waals surface area contributed by atoms with Crippen molar-refractivity contribution in [3.05, 3.63) is 15.3 Å². The van der Waals surface area contributed by atoms with Gasteiger partial charge >= 0.3 is 0 Å². The zero-order valence-electron chi connectivity index (χ0n) is 20.5. The second kappa shape index (κ2) is 7.29. The molecule has 0 N–H and O–H groups in total. The van der Waals surface area contributed by atoms with Crippen molar-refractivity contribution < 1.29 is 14.7 Å². The standard InChI is InChI=1S/C25H41N2O5/c1-22(2)15-31-25(5,26(22)28)21-9-8-19-18-7-6-16-14-17(32-27(29)30)10-12-23(16,3)20(18)11-13-24(19,21)4/h16-21H,6-15H2,1-5H3/q-1/t16?,17-,18?,19?,20?,21+,23+,24+,25?/m1/s1. The van der Waals surface area contributed by atoms with Crippen LogP contribution in [0.5, 0.6) is 0 Å². The first-order valence-corrected chi connectivity index (χ1v) is 12.8. The fourth-order valence-corrected chi connectivity index (χ4v) is 9.60. The first-order chi connectivity index (χ1) is 14.9. The normalized spacial score (nSPS) is 52.7. The molecule has 7 nitrogen and oxygen atoms in total. The van der Waals surface area contributed by atoms with E-state index < -0.39 is 16.4 Å². The Kier molecular flexibility index (Phi) is 5.20. The Hall–Kier alpha value is -0.920. The fraction of sp³-hybridized carbons (Fsp3) is 1.00. The SMILES string of the molecule is CC1(C)COC(C)([C@H]2CCC3C4CCC5C[C@H](O[N+](=O)[O-])CC[C@]5(C)C4CC[C@@]32C)N1[O-]. The van der Waals surface area contributed by atoms with E-state index in [-0.39, 0.29) is 22.9 Å². The van der Waals surface area contributed by atoms with Crippen LogP contribution in [0.15, 0.2) is 0 Å². The molecule has 0 amide bonds. The van der Waals surface area contributed by atoms with Crippen LogP contribution in [-0.4, -0.2) is 34.1 Å². The van der Waals surface area contributed by atoms with Crippen molar-refractivity contribution in [2.24, 2.45) is 40.4 Å². The van der Waals surface area contributed by atoms with Gasteiger partial charge in [0.15, 0.2) is 0 Å². The molecule has 0 aromatic rings. The Labute approximate surface area is 192 Å². The lowest BCUT2D eigenvalue weighted by atomic mass is 9.44. The van der Waals surface area contributed by atoms with E-state index in [1.54, 1.807) is 0 Å². The van der Waals surface area contributed by atoms with Gasteiger partial charge in [-0.25, -0.2) is 0 Å². The smallest absolute Gasteiger partial charge is 0.294 e. The lowest BCUT2D eigenvalue weighted by Crippen LogP contribution is -2.58. The van der Waals surface area contributed by atoms with Gasteiger partial charge in [-0.1, -0.05) is 13.8 Å². The highest BCUT2D eigenvalue weighted by molar-refractivity contribution is 5.13. The number of rotatable bonds is 3. The molecule has 0 bridgehead atoms. The molecule has 1 saturated heterocycles. The molecule has 0 aromatic heterocycles. The van der Waals surface area contributed by atoms with Gasteiger partial charge in [0.1, 0.15) is 11.8 Å². The number of hydroxylamine groups is 2. The molecule has 9 atom stereocenters. The van der Waals surface area contributed by atoms with Crippen LogP contribution in [0.1, 0.15) is 92.4 Å². The molecule has 5 aliphatic rings. The minimum absolute atomic E-state index is 0.147. The van der Waals surface area contributed by atoms with Crippen molar-refractivity contribution in [3.63, 3.8) is 0 Å². The first-order valence-electron chi connectivity index (χ1n) is 12.8. The quantitative estimate of drug-likeness (QED) is 0.415. The topological polar surface area (TPSA) is 87.9 Å². The number of fused-ring (bicyclic) bond motifs is 5. The van der Waals surface area contributed by atoms with Crippen molar-refractivity contribution in [1.82, 2.24) is 5.06 Å². The van der Waals surface area contributed by atoms with Gasteiger partial charge in [-0.15, -0.1) is 10.1 Å². The molecule has 0 spiro atoms. The highest BCUT2D eigenvalue weighted by atomic mass is 17.0. The van der Waals surface area contributed by atoms with Crippen molar-refractivity contribution in [2.45, 2.75) is 110 Å². The molecular formula is C25H41N2O5-. The van der Waals surface area contributed by atoms with E-state index in [1.165, 1.54) is 24.3 Å². The summed E-state index contributed by atoms with van der Waals surface area (Å²) in [5, 5.41) is 24.9. The summed E-state index contributed by atoms with van der Waals surface area (Å²) in [6.07, 6.45) is 9.45. The second-order valence-corrected chi connectivity index (χ2v) is 13.0. The summed E-state index contributed by atoms with van der Waals surface area (Å²) in [5.74, 6) is 2.83. The number of hydrogen-bond donors (Lipinski definition) is 0. The molecule has 1 heterocycles. The van der Waals surface area contributed by atoms with Gasteiger partial charge < -0.3 is 19.8 Å². The minimum Gasteiger partial charge on any atom is -0.783 e. The van der Waals surface area contributed by atoms with Gasteiger partial charge in [0, 0.05) is 11.5 Å². The summed E-state index contributed by atoms with van der Waals surface area (Å²) in [4.78, 5) is 15.9. The maximum Gasteiger partial charge on any atom is 0.294 e. The van der Waals surface area contributed by atoms with Crippen LogP contribution in [0.3, 0.4) is 0 Å². The van der Waals surface area contributed by atoms with E-state index in [0.29, 0.717) is 30.3 Å². The summed E-state index contributed by atoms with van der Waals surface area (Å²) in [7, 11) is 0. The maximum atomic E-state index is 13.3. The highest BCUT2D eigenvalue weighted by Gasteiger charge is 2.64. The van der Waals surface area contributed by atoms with Gasteiger partial charge in [-0.2, -0.15) is 0 Å². The predicted octanol–water partition coefficient (Wildman–Crippen LogP) is 5.55. The van der Waals surface area contributed by atoms with E-state index in [2.05, 4.69) is 13.8 Å². The van der Waals surface area contributed by atoms with Gasteiger partial charge in [0.2, 0.25) is 0 Å². The molecule has 4 saturated carbocycles. The van der Waals surface area contributed by atoms with Gasteiger partial charge in [0.25, 0.3) is 5.09 Å². The lowest BCUT2D eigenvalue weighted by Gasteiger charge is -2.62. The third-order valence-electron chi connectivity index (χ3n) is 11.2. The van der Waals surface area contributed by atoms with Crippen LogP contribution >= 0.6 is 0 Å². The molecule has 1 aliphatic heterocycles. The number of ether oxygens (including phenoxy) is 1. The van der Waals surface area contributed by atoms with Crippen molar-refractivity contribution in [3.8, 4) is 0 Å². The Morgan fingerprint density at radius 3 is 2.28 bits per heavy atom. The molecule has 0 aromatic carbocycles. The van der Waals surface area contributed by atoms with Crippen LogP contribution in [0.4, 0.5) is 0 Å². The Morgan fingerprint density at radius 1 is 0.938 bits per heavy atom. The molecule has 7 heteroatoms. The van der Waals surface area contributed by atoms with E-state index in [0.717, 1.165) is 38.5 Å². The van der Waals surface area contributed by atoms with E-state index in [1.807, 2.05) is 20.8 Å². The summed E-state index contributed by atoms with van der Waals surface area (Å²) < 4.78 is 6.30. The van der Waals surface area contributed by atoms with Crippen LogP contribution in [0, 0.1) is 55.7 Å².